The second-order valence-electron chi connectivity index (χ2n) is 8.01. The Morgan fingerprint density at radius 2 is 1.79 bits per heavy atom. The summed E-state index contributed by atoms with van der Waals surface area (Å²) in [4.78, 5) is 33.0. The van der Waals surface area contributed by atoms with E-state index in [1.165, 1.54) is 5.69 Å². The van der Waals surface area contributed by atoms with Crippen LogP contribution >= 0.6 is 0 Å². The van der Waals surface area contributed by atoms with E-state index < -0.39 is 5.54 Å². The number of amides is 2. The Hall–Kier alpha value is -2.76. The van der Waals surface area contributed by atoms with Gasteiger partial charge in [-0.2, -0.15) is 0 Å². The molecule has 6 heteroatoms. The largest absolute Gasteiger partial charge is 0.467 e. The number of hydrogen-bond donors (Lipinski definition) is 0. The van der Waals surface area contributed by atoms with Crippen LogP contribution in [0.3, 0.4) is 0 Å². The van der Waals surface area contributed by atoms with Crippen LogP contribution in [0.4, 0.5) is 5.69 Å². The van der Waals surface area contributed by atoms with Crippen molar-refractivity contribution in [3.63, 3.8) is 0 Å². The summed E-state index contributed by atoms with van der Waals surface area (Å²) in [6.45, 7) is 2.59. The number of furan rings is 1. The van der Waals surface area contributed by atoms with Gasteiger partial charge >= 0.3 is 0 Å². The van der Waals surface area contributed by atoms with E-state index in [-0.39, 0.29) is 17.9 Å². The Kier molecular flexibility index (Phi) is 4.14. The molecule has 28 heavy (non-hydrogen) atoms. The minimum Gasteiger partial charge on any atom is -0.467 e. The number of rotatable bonds is 3. The van der Waals surface area contributed by atoms with E-state index in [9.17, 15) is 9.59 Å². The summed E-state index contributed by atoms with van der Waals surface area (Å²) in [7, 11) is 0. The summed E-state index contributed by atoms with van der Waals surface area (Å²) in [5.41, 5.74) is 0.416. The number of para-hydroxylation sites is 1. The molecule has 1 aromatic carbocycles. The maximum atomic E-state index is 13.6. The molecular weight excluding hydrogens is 354 g/mol. The van der Waals surface area contributed by atoms with Crippen molar-refractivity contribution < 1.29 is 14.0 Å². The summed E-state index contributed by atoms with van der Waals surface area (Å²) in [6, 6.07) is 13.7. The average molecular weight is 379 g/mol. The highest BCUT2D eigenvalue weighted by Crippen LogP contribution is 2.40. The SMILES string of the molecule is O=C1C2CCCN2C(=O)C2(CCN(c3ccccc3)CC2)N1Cc1ccco1. The van der Waals surface area contributed by atoms with Gasteiger partial charge in [0.05, 0.1) is 12.8 Å². The van der Waals surface area contributed by atoms with E-state index in [0.717, 1.165) is 31.7 Å². The first-order chi connectivity index (χ1) is 13.7. The van der Waals surface area contributed by atoms with E-state index >= 15 is 0 Å². The topological polar surface area (TPSA) is 57.0 Å². The summed E-state index contributed by atoms with van der Waals surface area (Å²) in [6.07, 6.45) is 4.60. The smallest absolute Gasteiger partial charge is 0.249 e. The quantitative estimate of drug-likeness (QED) is 0.823. The Morgan fingerprint density at radius 3 is 2.50 bits per heavy atom. The van der Waals surface area contributed by atoms with E-state index in [1.807, 2.05) is 40.1 Å². The predicted molar refractivity (Wildman–Crippen MR) is 105 cm³/mol. The number of anilines is 1. The summed E-state index contributed by atoms with van der Waals surface area (Å²) in [5.74, 6) is 0.952. The van der Waals surface area contributed by atoms with Crippen LogP contribution in [0, 0.1) is 0 Å². The molecule has 0 saturated carbocycles. The third-order valence-electron chi connectivity index (χ3n) is 6.59. The van der Waals surface area contributed by atoms with Gasteiger partial charge in [0.15, 0.2) is 0 Å². The molecule has 3 aliphatic rings. The summed E-state index contributed by atoms with van der Waals surface area (Å²) >= 11 is 0. The fourth-order valence-corrected chi connectivity index (χ4v) is 5.09. The Balaban J connectivity index is 1.46. The monoisotopic (exact) mass is 379 g/mol. The summed E-state index contributed by atoms with van der Waals surface area (Å²) < 4.78 is 5.53. The zero-order chi connectivity index (χ0) is 19.1. The third-order valence-corrected chi connectivity index (χ3v) is 6.59. The first kappa shape index (κ1) is 17.3. The zero-order valence-electron chi connectivity index (χ0n) is 15.9. The standard InChI is InChI=1S/C22H25N3O3/c26-20-19-9-4-12-24(19)21(27)22(25(20)16-18-8-5-15-28-18)10-13-23(14-11-22)17-6-2-1-3-7-17/h1-3,5-8,15,19H,4,9-14,16H2. The maximum absolute atomic E-state index is 13.6. The number of benzene rings is 1. The average Bonchev–Trinajstić information content (AvgIpc) is 3.43. The molecule has 0 N–H and O–H groups in total. The van der Waals surface area contributed by atoms with E-state index in [1.54, 1.807) is 6.26 Å². The first-order valence-corrected chi connectivity index (χ1v) is 10.1. The zero-order valence-corrected chi connectivity index (χ0v) is 15.9. The van der Waals surface area contributed by atoms with Crippen molar-refractivity contribution in [2.75, 3.05) is 24.5 Å². The third kappa shape index (κ3) is 2.62. The minimum absolute atomic E-state index is 0.0849. The fourth-order valence-electron chi connectivity index (χ4n) is 5.09. The number of carbonyl (C=O) groups excluding carboxylic acids is 2. The van der Waals surface area contributed by atoms with Gasteiger partial charge in [0.1, 0.15) is 17.3 Å². The second kappa shape index (κ2) is 6.69. The van der Waals surface area contributed by atoms with Crippen LogP contribution in [-0.2, 0) is 16.1 Å². The molecule has 146 valence electrons. The number of hydrogen-bond acceptors (Lipinski definition) is 4. The van der Waals surface area contributed by atoms with Gasteiger partial charge in [-0.15, -0.1) is 0 Å². The van der Waals surface area contributed by atoms with Gasteiger partial charge in [-0.3, -0.25) is 9.59 Å². The number of nitrogens with zero attached hydrogens (tertiary/aromatic N) is 3. The summed E-state index contributed by atoms with van der Waals surface area (Å²) in [5, 5.41) is 0. The predicted octanol–water partition coefficient (Wildman–Crippen LogP) is 2.65. The molecule has 0 aliphatic carbocycles. The lowest BCUT2D eigenvalue weighted by molar-refractivity contribution is -0.171. The van der Waals surface area contributed by atoms with Crippen molar-refractivity contribution in [3.8, 4) is 0 Å². The van der Waals surface area contributed by atoms with E-state index in [2.05, 4.69) is 17.0 Å². The van der Waals surface area contributed by atoms with E-state index in [0.29, 0.717) is 25.9 Å². The highest BCUT2D eigenvalue weighted by molar-refractivity contribution is 6.00. The molecule has 3 saturated heterocycles. The molecule has 2 amide bonds. The van der Waals surface area contributed by atoms with Crippen LogP contribution < -0.4 is 4.90 Å². The highest BCUT2D eigenvalue weighted by atomic mass is 16.3. The number of carbonyl (C=O) groups is 2. The molecule has 0 bridgehead atoms. The second-order valence-corrected chi connectivity index (χ2v) is 8.01. The molecule has 1 aromatic heterocycles. The van der Waals surface area contributed by atoms with Crippen molar-refractivity contribution in [2.45, 2.75) is 43.8 Å². The molecule has 4 heterocycles. The molecule has 3 fully saturated rings. The molecule has 2 aromatic rings. The molecule has 1 atom stereocenters. The van der Waals surface area contributed by atoms with Crippen LogP contribution in [0.25, 0.3) is 0 Å². The number of piperidine rings is 1. The van der Waals surface area contributed by atoms with Crippen LogP contribution in [-0.4, -0.2) is 52.8 Å². The normalized spacial score (nSPS) is 24.1. The molecule has 0 radical (unpaired) electrons. The van der Waals surface area contributed by atoms with Crippen molar-refractivity contribution in [3.05, 3.63) is 54.5 Å². The molecule has 6 nitrogen and oxygen atoms in total. The van der Waals surface area contributed by atoms with Gasteiger partial charge in [0, 0.05) is 25.3 Å². The minimum atomic E-state index is -0.754. The van der Waals surface area contributed by atoms with E-state index in [4.69, 9.17) is 4.42 Å². The molecule has 1 spiro atoms. The van der Waals surface area contributed by atoms with Gasteiger partial charge < -0.3 is 19.1 Å². The van der Waals surface area contributed by atoms with Crippen LogP contribution in [0.5, 0.6) is 0 Å². The highest BCUT2D eigenvalue weighted by Gasteiger charge is 2.58. The van der Waals surface area contributed by atoms with Crippen molar-refractivity contribution in [1.29, 1.82) is 0 Å². The lowest BCUT2D eigenvalue weighted by Gasteiger charge is -2.53. The Labute approximate surface area is 164 Å². The van der Waals surface area contributed by atoms with Crippen LogP contribution in [0.2, 0.25) is 0 Å². The van der Waals surface area contributed by atoms with Gasteiger partial charge in [-0.1, -0.05) is 18.2 Å². The number of piperazine rings is 1. The van der Waals surface area contributed by atoms with Gasteiger partial charge in [0.25, 0.3) is 0 Å². The number of fused-ring (bicyclic) bond motifs is 1. The first-order valence-electron chi connectivity index (χ1n) is 10.1. The molecule has 5 rings (SSSR count). The van der Waals surface area contributed by atoms with Crippen LogP contribution in [0.15, 0.2) is 53.1 Å². The van der Waals surface area contributed by atoms with Crippen molar-refractivity contribution in [1.82, 2.24) is 9.80 Å². The lowest BCUT2D eigenvalue weighted by atomic mass is 9.81. The van der Waals surface area contributed by atoms with Gasteiger partial charge in [-0.05, 0) is 49.9 Å². The lowest BCUT2D eigenvalue weighted by Crippen LogP contribution is -2.72. The van der Waals surface area contributed by atoms with Gasteiger partial charge in [-0.25, -0.2) is 0 Å². The Bertz CT molecular complexity index is 856. The van der Waals surface area contributed by atoms with Crippen molar-refractivity contribution >= 4 is 17.5 Å². The van der Waals surface area contributed by atoms with Crippen LogP contribution in [0.1, 0.15) is 31.4 Å². The fraction of sp³-hybridized carbons (Fsp3) is 0.455. The Morgan fingerprint density at radius 1 is 1.00 bits per heavy atom. The van der Waals surface area contributed by atoms with Crippen molar-refractivity contribution in [2.24, 2.45) is 0 Å². The maximum Gasteiger partial charge on any atom is 0.249 e. The molecular formula is C22H25N3O3. The molecule has 3 aliphatic heterocycles. The molecule has 1 unspecified atom stereocenters. The van der Waals surface area contributed by atoms with Gasteiger partial charge in [0.2, 0.25) is 11.8 Å².